The highest BCUT2D eigenvalue weighted by Crippen LogP contribution is 2.29. The number of ether oxygens (including phenoxy) is 1. The number of rotatable bonds is 9. The van der Waals surface area contributed by atoms with Crippen molar-refractivity contribution in [2.24, 2.45) is 0 Å². The number of halogens is 1. The number of hydrogen-bond acceptors (Lipinski definition) is 7. The third-order valence-electron chi connectivity index (χ3n) is 9.94. The molecular weight excluding hydrogens is 645 g/mol. The van der Waals surface area contributed by atoms with Gasteiger partial charge in [-0.25, -0.2) is 14.4 Å². The highest BCUT2D eigenvalue weighted by atomic mass is 19.1. The number of aromatic nitrogens is 3. The number of nitrogens with one attached hydrogen (secondary N) is 2. The van der Waals surface area contributed by atoms with Gasteiger partial charge in [0.05, 0.1) is 6.20 Å². The Kier molecular flexibility index (Phi) is 10.4. The number of pyridine rings is 2. The Labute approximate surface area is 297 Å². The van der Waals surface area contributed by atoms with E-state index in [0.717, 1.165) is 67.5 Å². The normalized spacial score (nSPS) is 18.6. The molecule has 2 aliphatic rings. The minimum atomic E-state index is -0.623. The fraction of sp³-hybridized carbons (Fsp3) is 0.350. The van der Waals surface area contributed by atoms with Crippen molar-refractivity contribution in [1.82, 2.24) is 34.8 Å². The molecule has 5 aromatic rings. The summed E-state index contributed by atoms with van der Waals surface area (Å²) in [6, 6.07) is 22.9. The van der Waals surface area contributed by atoms with Crippen molar-refractivity contribution >= 4 is 17.5 Å². The van der Waals surface area contributed by atoms with E-state index in [2.05, 4.69) is 61.7 Å². The first-order valence-corrected chi connectivity index (χ1v) is 17.8. The lowest BCUT2D eigenvalue weighted by Gasteiger charge is -2.29. The highest BCUT2D eigenvalue weighted by molar-refractivity contribution is 5.96. The predicted octanol–water partition coefficient (Wildman–Crippen LogP) is 6.24. The monoisotopic (exact) mass is 689 g/mol. The molecule has 1 saturated carbocycles. The topological polar surface area (TPSA) is 104 Å². The number of hydrogen-bond donors (Lipinski definition) is 2. The van der Waals surface area contributed by atoms with Crippen LogP contribution >= 0.6 is 0 Å². The van der Waals surface area contributed by atoms with E-state index in [1.54, 1.807) is 12.3 Å². The molecule has 11 heteroatoms. The zero-order chi connectivity index (χ0) is 35.3. The first kappa shape index (κ1) is 34.3. The summed E-state index contributed by atoms with van der Waals surface area (Å²) in [6.45, 7) is 7.31. The lowest BCUT2D eigenvalue weighted by atomic mass is 9.91. The molecule has 0 atom stereocenters. The molecule has 0 bridgehead atoms. The maximum Gasteiger partial charge on any atom is 0.271 e. The van der Waals surface area contributed by atoms with Crippen LogP contribution < -0.4 is 15.4 Å². The molecule has 2 amide bonds. The van der Waals surface area contributed by atoms with Crippen LogP contribution in [0.2, 0.25) is 0 Å². The van der Waals surface area contributed by atoms with Gasteiger partial charge < -0.3 is 24.7 Å². The van der Waals surface area contributed by atoms with Crippen molar-refractivity contribution in [3.8, 4) is 22.8 Å². The Balaban J connectivity index is 0.948. The van der Waals surface area contributed by atoms with Gasteiger partial charge in [-0.1, -0.05) is 42.5 Å². The van der Waals surface area contributed by atoms with Gasteiger partial charge in [-0.05, 0) is 106 Å². The predicted molar refractivity (Wildman–Crippen MR) is 194 cm³/mol. The minimum Gasteiger partial charge on any atom is -0.438 e. The largest absolute Gasteiger partial charge is 0.438 e. The molecule has 10 nitrogen and oxygen atoms in total. The highest BCUT2D eigenvalue weighted by Gasteiger charge is 2.26. The zero-order valence-corrected chi connectivity index (χ0v) is 29.1. The van der Waals surface area contributed by atoms with E-state index in [1.165, 1.54) is 12.0 Å². The molecule has 0 spiro atoms. The number of carbonyl (C=O) groups is 2. The molecule has 51 heavy (non-hydrogen) atoms. The molecule has 3 aromatic heterocycles. The summed E-state index contributed by atoms with van der Waals surface area (Å²) < 4.78 is 22.4. The summed E-state index contributed by atoms with van der Waals surface area (Å²) in [5.41, 5.74) is 5.42. The van der Waals surface area contributed by atoms with Crippen LogP contribution in [0.25, 0.3) is 16.8 Å². The third-order valence-corrected chi connectivity index (χ3v) is 9.94. The molecule has 264 valence electrons. The summed E-state index contributed by atoms with van der Waals surface area (Å²) in [5, 5.41) is 6.13. The molecule has 2 aromatic carbocycles. The molecule has 1 aliphatic heterocycles. The summed E-state index contributed by atoms with van der Waals surface area (Å²) in [6.07, 6.45) is 6.70. The van der Waals surface area contributed by atoms with Crippen LogP contribution in [0.3, 0.4) is 0 Å². The molecule has 7 rings (SSSR count). The first-order chi connectivity index (χ1) is 24.8. The Morgan fingerprint density at radius 3 is 2.37 bits per heavy atom. The van der Waals surface area contributed by atoms with Crippen LogP contribution in [-0.2, 0) is 6.54 Å². The maximum absolute atomic E-state index is 14.4. The second-order valence-corrected chi connectivity index (χ2v) is 13.8. The van der Waals surface area contributed by atoms with E-state index >= 15 is 0 Å². The number of nitrogens with zero attached hydrogens (tertiary/aromatic N) is 5. The molecule has 4 heterocycles. The van der Waals surface area contributed by atoms with Gasteiger partial charge in [-0.2, -0.15) is 0 Å². The number of carbonyl (C=O) groups excluding carboxylic acids is 2. The summed E-state index contributed by atoms with van der Waals surface area (Å²) in [5.74, 6) is -0.756. The van der Waals surface area contributed by atoms with Crippen LogP contribution in [0, 0.1) is 12.7 Å². The smallest absolute Gasteiger partial charge is 0.271 e. The lowest BCUT2D eigenvalue weighted by Crippen LogP contribution is -2.44. The van der Waals surface area contributed by atoms with E-state index < -0.39 is 11.7 Å². The van der Waals surface area contributed by atoms with Crippen molar-refractivity contribution in [3.63, 3.8) is 0 Å². The molecule has 1 saturated heterocycles. The molecular formula is C40H44FN7O3. The standard InChI is InChI=1S/C40H44FN7O3/c1-27-6-3-9-37-45-36(26-48(27)37)39(50)44-33-16-14-32(15-17-33)43-38(49)35-23-31(41)24-42-40(35)51-34-8-4-7-30(22-34)29-12-10-28(11-13-29)25-47-19-5-18-46(2)20-21-47/h3-4,6-13,22-24,26,32-33H,5,14-21,25H2,1-2H3,(H,43,49)(H,44,50)/t32-,33+. The number of fused-ring (bicyclic) bond motifs is 1. The van der Waals surface area contributed by atoms with E-state index in [-0.39, 0.29) is 29.4 Å². The lowest BCUT2D eigenvalue weighted by molar-refractivity contribution is 0.0888. The quantitative estimate of drug-likeness (QED) is 0.189. The molecule has 2 N–H and O–H groups in total. The van der Waals surface area contributed by atoms with Crippen LogP contribution in [0.1, 0.15) is 64.2 Å². The number of imidazole rings is 1. The fourth-order valence-corrected chi connectivity index (χ4v) is 7.00. The van der Waals surface area contributed by atoms with Crippen LogP contribution in [0.4, 0.5) is 4.39 Å². The van der Waals surface area contributed by atoms with Crippen molar-refractivity contribution in [2.45, 2.75) is 57.7 Å². The van der Waals surface area contributed by atoms with E-state index in [1.807, 2.05) is 47.7 Å². The third kappa shape index (κ3) is 8.44. The molecule has 1 aliphatic carbocycles. The Morgan fingerprint density at radius 2 is 1.61 bits per heavy atom. The first-order valence-electron chi connectivity index (χ1n) is 17.8. The van der Waals surface area contributed by atoms with Gasteiger partial charge in [0.1, 0.15) is 28.5 Å². The second kappa shape index (κ2) is 15.4. The van der Waals surface area contributed by atoms with Crippen molar-refractivity contribution in [1.29, 1.82) is 0 Å². The van der Waals surface area contributed by atoms with E-state index in [0.29, 0.717) is 37.1 Å². The fourth-order valence-electron chi connectivity index (χ4n) is 7.00. The summed E-state index contributed by atoms with van der Waals surface area (Å²) in [4.78, 5) is 39.9. The Morgan fingerprint density at radius 1 is 0.863 bits per heavy atom. The molecule has 0 unspecified atom stereocenters. The molecule has 2 fully saturated rings. The Hall–Kier alpha value is -5.13. The van der Waals surface area contributed by atoms with E-state index in [9.17, 15) is 14.0 Å². The SMILES string of the molecule is Cc1cccc2nc(C(=O)N[C@H]3CC[C@@H](NC(=O)c4cc(F)cnc4Oc4cccc(-c5ccc(CN6CCCN(C)CC6)cc5)c4)CC3)cn12. The van der Waals surface area contributed by atoms with Gasteiger partial charge in [0.15, 0.2) is 0 Å². The summed E-state index contributed by atoms with van der Waals surface area (Å²) >= 11 is 0. The summed E-state index contributed by atoms with van der Waals surface area (Å²) in [7, 11) is 2.18. The number of aryl methyl sites for hydroxylation is 1. The van der Waals surface area contributed by atoms with Crippen LogP contribution in [0.5, 0.6) is 11.6 Å². The van der Waals surface area contributed by atoms with Crippen molar-refractivity contribution < 1.29 is 18.7 Å². The van der Waals surface area contributed by atoms with Gasteiger partial charge in [0.2, 0.25) is 5.88 Å². The number of likely N-dealkylation sites (N-methyl/N-ethyl adjacent to an activating group) is 1. The van der Waals surface area contributed by atoms with Gasteiger partial charge in [0, 0.05) is 43.6 Å². The van der Waals surface area contributed by atoms with E-state index in [4.69, 9.17) is 4.74 Å². The van der Waals surface area contributed by atoms with Gasteiger partial charge in [-0.3, -0.25) is 14.5 Å². The average Bonchev–Trinajstić information content (AvgIpc) is 3.48. The van der Waals surface area contributed by atoms with Crippen molar-refractivity contribution in [2.75, 3.05) is 33.2 Å². The van der Waals surface area contributed by atoms with Gasteiger partial charge in [-0.15, -0.1) is 0 Å². The van der Waals surface area contributed by atoms with Gasteiger partial charge >= 0.3 is 0 Å². The van der Waals surface area contributed by atoms with Crippen LogP contribution in [-0.4, -0.2) is 81.3 Å². The average molecular weight is 690 g/mol. The van der Waals surface area contributed by atoms with Gasteiger partial charge in [0.25, 0.3) is 11.8 Å². The van der Waals surface area contributed by atoms with Crippen molar-refractivity contribution in [3.05, 3.63) is 114 Å². The second-order valence-electron chi connectivity index (χ2n) is 13.8. The zero-order valence-electron chi connectivity index (χ0n) is 29.1. The maximum atomic E-state index is 14.4. The minimum absolute atomic E-state index is 0.0297. The van der Waals surface area contributed by atoms with Crippen LogP contribution in [0.15, 0.2) is 85.2 Å². The molecule has 0 radical (unpaired) electrons. The Bertz CT molecular complexity index is 2010. The number of benzene rings is 2. The number of amides is 2.